The first-order valence-electron chi connectivity index (χ1n) is 10.5. The van der Waals surface area contributed by atoms with Crippen molar-refractivity contribution in [1.29, 1.82) is 0 Å². The third-order valence-electron chi connectivity index (χ3n) is 7.35. The summed E-state index contributed by atoms with van der Waals surface area (Å²) in [5, 5.41) is 0. The molecule has 0 aromatic heterocycles. The zero-order valence-electron chi connectivity index (χ0n) is 16.4. The lowest BCUT2D eigenvalue weighted by atomic mass is 10.0. The molecule has 2 amide bonds. The van der Waals surface area contributed by atoms with Crippen molar-refractivity contribution in [2.75, 3.05) is 45.9 Å². The fraction of sp³-hybridized carbons (Fsp3) is 0.900. The lowest BCUT2D eigenvalue weighted by Gasteiger charge is -2.29. The summed E-state index contributed by atoms with van der Waals surface area (Å²) in [5.41, 5.74) is 0. The molecular weight excluding hydrogens is 330 g/mol. The highest BCUT2D eigenvalue weighted by Crippen LogP contribution is 2.54. The molecule has 0 aromatic carbocycles. The molecule has 0 aromatic rings. The number of rotatable bonds is 5. The normalized spacial score (nSPS) is 38.2. The average Bonchev–Trinajstić information content (AvgIpc) is 3.01. The van der Waals surface area contributed by atoms with E-state index in [1.54, 1.807) is 0 Å². The van der Waals surface area contributed by atoms with E-state index < -0.39 is 0 Å². The first kappa shape index (κ1) is 18.1. The minimum absolute atomic E-state index is 0.140. The van der Waals surface area contributed by atoms with Crippen LogP contribution in [0.3, 0.4) is 0 Å². The van der Waals surface area contributed by atoms with Gasteiger partial charge in [0.15, 0.2) is 0 Å². The maximum atomic E-state index is 12.6. The monoisotopic (exact) mass is 363 g/mol. The maximum Gasteiger partial charge on any atom is 0.409 e. The average molecular weight is 364 g/mol. The second-order valence-corrected chi connectivity index (χ2v) is 8.57. The van der Waals surface area contributed by atoms with Gasteiger partial charge in [0, 0.05) is 51.2 Å². The van der Waals surface area contributed by atoms with E-state index in [4.69, 9.17) is 4.74 Å². The van der Waals surface area contributed by atoms with Crippen molar-refractivity contribution < 1.29 is 14.3 Å². The highest BCUT2D eigenvalue weighted by atomic mass is 16.6. The van der Waals surface area contributed by atoms with Crippen molar-refractivity contribution in [3.8, 4) is 0 Å². The zero-order valence-corrected chi connectivity index (χ0v) is 16.4. The second-order valence-electron chi connectivity index (χ2n) is 8.57. The summed E-state index contributed by atoms with van der Waals surface area (Å²) in [5.74, 6) is 3.15. The summed E-state index contributed by atoms with van der Waals surface area (Å²) in [6.45, 7) is 12.1. The fourth-order valence-electron chi connectivity index (χ4n) is 5.90. The Morgan fingerprint density at radius 2 is 1.54 bits per heavy atom. The molecule has 2 heterocycles. The molecule has 26 heavy (non-hydrogen) atoms. The van der Waals surface area contributed by atoms with Gasteiger partial charge in [0.05, 0.1) is 6.61 Å². The standard InChI is InChI=1S/C20H33N3O3/c1-4-21(5-2)19(24)18-16-11-22(12-17(16)18)15-7-13-9-23(10-14(13)8-15)20(25)26-6-3/h13-18H,4-12H2,1-3H3/t13?,14?,15?,16-,17+,18?. The number of likely N-dealkylation sites (tertiary alicyclic amines) is 2. The fourth-order valence-corrected chi connectivity index (χ4v) is 5.90. The molecule has 2 aliphatic heterocycles. The molecule has 0 N–H and O–H groups in total. The number of fused-ring (bicyclic) bond motifs is 2. The quantitative estimate of drug-likeness (QED) is 0.749. The minimum atomic E-state index is -0.140. The van der Waals surface area contributed by atoms with E-state index in [0.29, 0.717) is 48.1 Å². The highest BCUT2D eigenvalue weighted by Gasteiger charge is 2.61. The van der Waals surface area contributed by atoms with Crippen LogP contribution in [0.5, 0.6) is 0 Å². The summed E-state index contributed by atoms with van der Waals surface area (Å²) < 4.78 is 5.15. The van der Waals surface area contributed by atoms with Crippen molar-refractivity contribution >= 4 is 12.0 Å². The predicted molar refractivity (Wildman–Crippen MR) is 98.6 cm³/mol. The molecule has 2 saturated heterocycles. The number of piperidine rings is 1. The summed E-state index contributed by atoms with van der Waals surface area (Å²) in [7, 11) is 0. The molecule has 0 radical (unpaired) electrons. The van der Waals surface area contributed by atoms with Crippen molar-refractivity contribution in [3.63, 3.8) is 0 Å². The molecule has 0 bridgehead atoms. The Morgan fingerprint density at radius 3 is 2.04 bits per heavy atom. The number of carbonyl (C=O) groups excluding carboxylic acids is 2. The van der Waals surface area contributed by atoms with E-state index in [1.165, 1.54) is 12.8 Å². The molecule has 2 saturated carbocycles. The third-order valence-corrected chi connectivity index (χ3v) is 7.35. The number of hydrogen-bond acceptors (Lipinski definition) is 4. The van der Waals surface area contributed by atoms with Crippen molar-refractivity contribution in [2.24, 2.45) is 29.6 Å². The van der Waals surface area contributed by atoms with E-state index in [-0.39, 0.29) is 6.09 Å². The largest absolute Gasteiger partial charge is 0.450 e. The molecule has 6 nitrogen and oxygen atoms in total. The van der Waals surface area contributed by atoms with E-state index in [1.807, 2.05) is 16.7 Å². The van der Waals surface area contributed by atoms with E-state index >= 15 is 0 Å². The van der Waals surface area contributed by atoms with Gasteiger partial charge in [-0.2, -0.15) is 0 Å². The number of amides is 2. The number of nitrogens with zero attached hydrogens (tertiary/aromatic N) is 3. The number of ether oxygens (including phenoxy) is 1. The Hall–Kier alpha value is -1.30. The lowest BCUT2D eigenvalue weighted by Crippen LogP contribution is -2.39. The van der Waals surface area contributed by atoms with Crippen LogP contribution in [0.1, 0.15) is 33.6 Å². The van der Waals surface area contributed by atoms with Gasteiger partial charge in [-0.05, 0) is 57.3 Å². The third kappa shape index (κ3) is 3.00. The van der Waals surface area contributed by atoms with Gasteiger partial charge in [0.1, 0.15) is 0 Å². The van der Waals surface area contributed by atoms with Gasteiger partial charge in [-0.25, -0.2) is 4.79 Å². The summed E-state index contributed by atoms with van der Waals surface area (Å²) >= 11 is 0. The predicted octanol–water partition coefficient (Wildman–Crippen LogP) is 1.90. The second kappa shape index (κ2) is 7.02. The first-order valence-corrected chi connectivity index (χ1v) is 10.5. The Labute approximate surface area is 156 Å². The Bertz CT molecular complexity index is 539. The topological polar surface area (TPSA) is 53.1 Å². The molecule has 6 heteroatoms. The molecule has 2 aliphatic carbocycles. The van der Waals surface area contributed by atoms with Gasteiger partial charge in [-0.1, -0.05) is 0 Å². The van der Waals surface area contributed by atoms with Gasteiger partial charge in [0.25, 0.3) is 0 Å². The molecule has 4 rings (SSSR count). The number of carbonyl (C=O) groups is 2. The lowest BCUT2D eigenvalue weighted by molar-refractivity contribution is -0.133. The highest BCUT2D eigenvalue weighted by molar-refractivity contribution is 5.82. The van der Waals surface area contributed by atoms with Crippen LogP contribution in [-0.4, -0.2) is 78.6 Å². The molecule has 3 unspecified atom stereocenters. The van der Waals surface area contributed by atoms with Crippen molar-refractivity contribution in [3.05, 3.63) is 0 Å². The number of hydrogen-bond donors (Lipinski definition) is 0. The van der Waals surface area contributed by atoms with E-state index in [0.717, 1.165) is 39.3 Å². The van der Waals surface area contributed by atoms with Crippen LogP contribution < -0.4 is 0 Å². The summed E-state index contributed by atoms with van der Waals surface area (Å²) in [6, 6.07) is 0.659. The molecule has 146 valence electrons. The smallest absolute Gasteiger partial charge is 0.409 e. The summed E-state index contributed by atoms with van der Waals surface area (Å²) in [4.78, 5) is 31.0. The van der Waals surface area contributed by atoms with Gasteiger partial charge >= 0.3 is 6.09 Å². The van der Waals surface area contributed by atoms with Gasteiger partial charge in [0.2, 0.25) is 5.91 Å². The molecule has 5 atom stereocenters. The van der Waals surface area contributed by atoms with Crippen LogP contribution in [0, 0.1) is 29.6 Å². The van der Waals surface area contributed by atoms with Crippen molar-refractivity contribution in [1.82, 2.24) is 14.7 Å². The maximum absolute atomic E-state index is 12.6. The van der Waals surface area contributed by atoms with Crippen LogP contribution in [0.15, 0.2) is 0 Å². The molecule has 4 fully saturated rings. The molecule has 0 spiro atoms. The Morgan fingerprint density at radius 1 is 0.962 bits per heavy atom. The molecule has 4 aliphatic rings. The molecular formula is C20H33N3O3. The van der Waals surface area contributed by atoms with Crippen molar-refractivity contribution in [2.45, 2.75) is 39.7 Å². The van der Waals surface area contributed by atoms with E-state index in [2.05, 4.69) is 18.7 Å². The van der Waals surface area contributed by atoms with Crippen LogP contribution in [0.25, 0.3) is 0 Å². The first-order chi connectivity index (χ1) is 12.6. The Balaban J connectivity index is 1.25. The van der Waals surface area contributed by atoms with Gasteiger partial charge in [-0.15, -0.1) is 0 Å². The van der Waals surface area contributed by atoms with Gasteiger partial charge < -0.3 is 14.5 Å². The van der Waals surface area contributed by atoms with Crippen LogP contribution in [0.4, 0.5) is 4.79 Å². The SMILES string of the molecule is CCOC(=O)N1CC2CC(N3C[C@@H]4C(C(=O)N(CC)CC)[C@@H]4C3)CC2C1. The van der Waals surface area contributed by atoms with Crippen LogP contribution in [0.2, 0.25) is 0 Å². The Kier molecular flexibility index (Phi) is 4.88. The van der Waals surface area contributed by atoms with Gasteiger partial charge in [-0.3, -0.25) is 9.69 Å². The van der Waals surface area contributed by atoms with E-state index in [9.17, 15) is 9.59 Å². The van der Waals surface area contributed by atoms with Crippen LogP contribution in [-0.2, 0) is 9.53 Å². The summed E-state index contributed by atoms with van der Waals surface area (Å²) in [6.07, 6.45) is 2.27. The van der Waals surface area contributed by atoms with Crippen LogP contribution >= 0.6 is 0 Å². The minimum Gasteiger partial charge on any atom is -0.450 e. The zero-order chi connectivity index (χ0) is 18.4.